The maximum atomic E-state index is 13.7. The Morgan fingerprint density at radius 1 is 0.902 bits per heavy atom. The number of carbonyl (C=O) groups is 2. The molecule has 2 unspecified atom stereocenters. The number of nitrogens with one attached hydrogen (secondary N) is 3. The van der Waals surface area contributed by atoms with Crippen molar-refractivity contribution in [3.8, 4) is 0 Å². The van der Waals surface area contributed by atoms with Crippen molar-refractivity contribution >= 4 is 28.4 Å². The lowest BCUT2D eigenvalue weighted by Gasteiger charge is -2.36. The second-order valence-corrected chi connectivity index (χ2v) is 11.3. The minimum Gasteiger partial charge on any atom is -0.369 e. The molecule has 7 nitrogen and oxygen atoms in total. The summed E-state index contributed by atoms with van der Waals surface area (Å²) in [5.74, 6) is -0.542. The van der Waals surface area contributed by atoms with Crippen LogP contribution in [0, 0.1) is 20.8 Å². The Hall–Kier alpha value is -4.10. The summed E-state index contributed by atoms with van der Waals surface area (Å²) >= 11 is 0. The van der Waals surface area contributed by atoms with Crippen molar-refractivity contribution in [2.24, 2.45) is 0 Å². The average molecular weight is 552 g/mol. The fraction of sp³-hybridized carbons (Fsp3) is 0.353. The molecule has 1 aromatic heterocycles. The highest BCUT2D eigenvalue weighted by Gasteiger charge is 2.30. The van der Waals surface area contributed by atoms with Gasteiger partial charge in [-0.3, -0.25) is 14.5 Å². The predicted molar refractivity (Wildman–Crippen MR) is 166 cm³/mol. The number of amides is 2. The van der Waals surface area contributed by atoms with Gasteiger partial charge in [-0.1, -0.05) is 55.5 Å². The average Bonchev–Trinajstić information content (AvgIpc) is 3.42. The second kappa shape index (κ2) is 12.6. The van der Waals surface area contributed by atoms with Gasteiger partial charge in [-0.05, 0) is 66.8 Å². The van der Waals surface area contributed by atoms with Crippen LogP contribution in [0.2, 0.25) is 0 Å². The highest BCUT2D eigenvalue weighted by Crippen LogP contribution is 2.28. The van der Waals surface area contributed by atoms with Crippen molar-refractivity contribution in [3.05, 3.63) is 101 Å². The van der Waals surface area contributed by atoms with Gasteiger partial charge in [-0.15, -0.1) is 0 Å². The van der Waals surface area contributed by atoms with Crippen LogP contribution >= 0.6 is 0 Å². The maximum Gasteiger partial charge on any atom is 0.243 e. The van der Waals surface area contributed by atoms with Crippen molar-refractivity contribution in [1.29, 1.82) is 0 Å². The van der Waals surface area contributed by atoms with E-state index in [1.165, 1.54) is 22.4 Å². The fourth-order valence-electron chi connectivity index (χ4n) is 5.82. The number of rotatable bonds is 9. The van der Waals surface area contributed by atoms with Crippen LogP contribution in [0.4, 0.5) is 5.69 Å². The van der Waals surface area contributed by atoms with E-state index in [9.17, 15) is 9.59 Å². The summed E-state index contributed by atoms with van der Waals surface area (Å²) in [6.07, 6.45) is 1.96. The van der Waals surface area contributed by atoms with Gasteiger partial charge in [0.05, 0.1) is 6.54 Å². The van der Waals surface area contributed by atoms with Gasteiger partial charge in [0.1, 0.15) is 6.04 Å². The van der Waals surface area contributed by atoms with Crippen molar-refractivity contribution in [2.75, 3.05) is 37.6 Å². The molecule has 2 amide bonds. The van der Waals surface area contributed by atoms with Crippen molar-refractivity contribution in [3.63, 3.8) is 0 Å². The molecule has 1 aliphatic heterocycles. The molecule has 0 spiro atoms. The van der Waals surface area contributed by atoms with E-state index >= 15 is 0 Å². The minimum atomic E-state index is -0.708. The number of para-hydroxylation sites is 2. The highest BCUT2D eigenvalue weighted by molar-refractivity contribution is 5.91. The molecule has 41 heavy (non-hydrogen) atoms. The molecule has 3 N–H and O–H groups in total. The van der Waals surface area contributed by atoms with E-state index in [1.807, 2.05) is 37.4 Å². The Morgan fingerprint density at radius 3 is 2.27 bits per heavy atom. The molecule has 5 rings (SSSR count). The second-order valence-electron chi connectivity index (χ2n) is 11.3. The first-order valence-corrected chi connectivity index (χ1v) is 14.5. The number of fused-ring (bicyclic) bond motifs is 1. The van der Waals surface area contributed by atoms with Gasteiger partial charge in [0, 0.05) is 61.4 Å². The molecule has 3 aromatic carbocycles. The van der Waals surface area contributed by atoms with Gasteiger partial charge in [-0.25, -0.2) is 0 Å². The Bertz CT molecular complexity index is 1480. The van der Waals surface area contributed by atoms with E-state index in [2.05, 4.69) is 88.7 Å². The van der Waals surface area contributed by atoms with Crippen molar-refractivity contribution < 1.29 is 9.59 Å². The normalized spacial score (nSPS) is 15.5. The van der Waals surface area contributed by atoms with Crippen LogP contribution in [0.15, 0.2) is 72.9 Å². The number of hydrogen-bond acceptors (Lipinski definition) is 4. The zero-order valence-electron chi connectivity index (χ0n) is 24.5. The van der Waals surface area contributed by atoms with Gasteiger partial charge in [0.25, 0.3) is 0 Å². The molecule has 2 atom stereocenters. The van der Waals surface area contributed by atoms with Crippen LogP contribution in [0.25, 0.3) is 10.9 Å². The molecule has 0 radical (unpaired) electrons. The summed E-state index contributed by atoms with van der Waals surface area (Å²) < 4.78 is 0. The highest BCUT2D eigenvalue weighted by atomic mass is 16.2. The lowest BCUT2D eigenvalue weighted by atomic mass is 9.92. The van der Waals surface area contributed by atoms with Crippen LogP contribution in [0.1, 0.15) is 40.7 Å². The van der Waals surface area contributed by atoms with Crippen LogP contribution < -0.4 is 15.5 Å². The first kappa shape index (κ1) is 28.4. The molecular formula is C34H41N5O2. The topological polar surface area (TPSA) is 80.5 Å². The molecule has 4 aromatic rings. The first-order valence-electron chi connectivity index (χ1n) is 14.5. The van der Waals surface area contributed by atoms with E-state index in [0.717, 1.165) is 48.2 Å². The molecule has 0 saturated carbocycles. The number of carbonyl (C=O) groups excluding carboxylic acids is 2. The van der Waals surface area contributed by atoms with Gasteiger partial charge in [0.15, 0.2) is 0 Å². The van der Waals surface area contributed by atoms with E-state index in [4.69, 9.17) is 0 Å². The van der Waals surface area contributed by atoms with Crippen molar-refractivity contribution in [1.82, 2.24) is 20.5 Å². The first-order chi connectivity index (χ1) is 19.8. The van der Waals surface area contributed by atoms with E-state index < -0.39 is 6.04 Å². The lowest BCUT2D eigenvalue weighted by Crippen LogP contribution is -2.54. The Balaban J connectivity index is 1.27. The number of benzene rings is 3. The van der Waals surface area contributed by atoms with Gasteiger partial charge in [-0.2, -0.15) is 0 Å². The quantitative estimate of drug-likeness (QED) is 0.279. The molecule has 2 heterocycles. The van der Waals surface area contributed by atoms with Crippen LogP contribution in [-0.2, 0) is 16.1 Å². The monoisotopic (exact) mass is 551 g/mol. The predicted octanol–water partition coefficient (Wildman–Crippen LogP) is 4.82. The van der Waals surface area contributed by atoms with E-state index in [0.29, 0.717) is 6.54 Å². The van der Waals surface area contributed by atoms with Crippen molar-refractivity contribution in [2.45, 2.75) is 46.2 Å². The standard InChI is InChI=1S/C34H41N5O2/c1-23-18-27(19-24(2)25(23)3)20-36-34(41)33(26(4)30-21-35-31-13-9-8-12-29(30)31)37-32(40)22-38-14-16-39(17-15-38)28-10-6-5-7-11-28/h5-13,18-19,21,26,33,35H,14-17,20,22H2,1-4H3,(H,36,41)(H,37,40). The van der Waals surface area contributed by atoms with Crippen LogP contribution in [-0.4, -0.2) is 60.5 Å². The molecule has 7 heteroatoms. The summed E-state index contributed by atoms with van der Waals surface area (Å²) in [6.45, 7) is 12.3. The Labute approximate surface area is 242 Å². The third-order valence-electron chi connectivity index (χ3n) is 8.53. The van der Waals surface area contributed by atoms with Gasteiger partial charge in [0.2, 0.25) is 11.8 Å². The molecule has 0 aliphatic carbocycles. The largest absolute Gasteiger partial charge is 0.369 e. The van der Waals surface area contributed by atoms with Crippen LogP contribution in [0.3, 0.4) is 0 Å². The number of hydrogen-bond donors (Lipinski definition) is 3. The zero-order valence-corrected chi connectivity index (χ0v) is 24.5. The third-order valence-corrected chi connectivity index (χ3v) is 8.53. The number of nitrogens with zero attached hydrogens (tertiary/aromatic N) is 2. The number of piperazine rings is 1. The van der Waals surface area contributed by atoms with E-state index in [-0.39, 0.29) is 24.3 Å². The SMILES string of the molecule is Cc1cc(CNC(=O)C(NC(=O)CN2CCN(c3ccccc3)CC2)C(C)c2c[nH]c3ccccc23)cc(C)c1C. The zero-order chi connectivity index (χ0) is 28.9. The fourth-order valence-corrected chi connectivity index (χ4v) is 5.82. The summed E-state index contributed by atoms with van der Waals surface area (Å²) in [5.41, 5.74) is 7.97. The molecule has 1 fully saturated rings. The number of H-pyrrole nitrogens is 1. The number of aryl methyl sites for hydroxylation is 2. The third kappa shape index (κ3) is 6.63. The summed E-state index contributed by atoms with van der Waals surface area (Å²) in [5, 5.41) is 7.28. The lowest BCUT2D eigenvalue weighted by molar-refractivity contribution is -0.130. The van der Waals surface area contributed by atoms with Gasteiger partial charge < -0.3 is 20.5 Å². The van der Waals surface area contributed by atoms with Gasteiger partial charge >= 0.3 is 0 Å². The summed E-state index contributed by atoms with van der Waals surface area (Å²) in [6, 6.07) is 22.0. The molecule has 0 bridgehead atoms. The Morgan fingerprint density at radius 2 is 1.56 bits per heavy atom. The maximum absolute atomic E-state index is 13.7. The molecule has 1 aliphatic rings. The number of anilines is 1. The van der Waals surface area contributed by atoms with E-state index in [1.54, 1.807) is 0 Å². The molecule has 214 valence electrons. The minimum absolute atomic E-state index is 0.132. The molecule has 1 saturated heterocycles. The smallest absolute Gasteiger partial charge is 0.243 e. The molecular weight excluding hydrogens is 510 g/mol. The Kier molecular flexibility index (Phi) is 8.74. The number of aromatic amines is 1. The van der Waals surface area contributed by atoms with Crippen LogP contribution in [0.5, 0.6) is 0 Å². The summed E-state index contributed by atoms with van der Waals surface area (Å²) in [4.78, 5) is 34.9. The number of aromatic nitrogens is 1. The summed E-state index contributed by atoms with van der Waals surface area (Å²) in [7, 11) is 0.